The van der Waals surface area contributed by atoms with Crippen LogP contribution < -0.4 is 5.69 Å². The fraction of sp³-hybridized carbons (Fsp3) is 0.543. The standard InChI is InChI=1S/C35H44N6O5/c1-23-18-24-19-26(34(44)39-12-5-13-40(27-10-16-46-17-11-27)30(22-39)29(20-24)32(23)43)21-31(42)38-14-8-28(9-15-38)41-35(45)36-33(37-41)25-6-3-2-4-7-25/h2-4,6-7,18,20,26-28,30,43H,5,8-17,19,21-22H2,1H3,(H,36,37,45)/t26-,30?/m0/s1. The van der Waals surface area contributed by atoms with Gasteiger partial charge in [-0.15, -0.1) is 5.10 Å². The molecule has 1 aromatic heterocycles. The van der Waals surface area contributed by atoms with Gasteiger partial charge in [0.2, 0.25) is 11.8 Å². The second kappa shape index (κ2) is 13.0. The number of aryl methyl sites for hydroxylation is 1. The number of aromatic nitrogens is 3. The summed E-state index contributed by atoms with van der Waals surface area (Å²) in [4.78, 5) is 49.9. The van der Waals surface area contributed by atoms with Crippen LogP contribution in [0.2, 0.25) is 0 Å². The number of ether oxygens (including phenoxy) is 1. The summed E-state index contributed by atoms with van der Waals surface area (Å²) < 4.78 is 7.17. The molecule has 2 N–H and O–H groups in total. The van der Waals surface area contributed by atoms with E-state index in [1.54, 1.807) is 0 Å². The molecule has 11 heteroatoms. The number of hydrogen-bond acceptors (Lipinski definition) is 7. The summed E-state index contributed by atoms with van der Waals surface area (Å²) in [7, 11) is 0. The van der Waals surface area contributed by atoms with Crippen molar-refractivity contribution in [3.05, 3.63) is 69.6 Å². The van der Waals surface area contributed by atoms with Gasteiger partial charge in [-0.2, -0.15) is 0 Å². The molecule has 0 radical (unpaired) electrons. The van der Waals surface area contributed by atoms with Gasteiger partial charge in [-0.25, -0.2) is 9.48 Å². The van der Waals surface area contributed by atoms with Crippen LogP contribution in [0.3, 0.4) is 0 Å². The SMILES string of the molecule is Cc1cc2cc(c1O)C1CN(CCCN1C1CCOCC1)C(=O)[C@H](CC(=O)N1CCC(n3nc(-c4ccccc4)[nH]c3=O)CC1)C2. The third-order valence-corrected chi connectivity index (χ3v) is 10.5. The number of amides is 2. The van der Waals surface area contributed by atoms with Crippen LogP contribution in [-0.4, -0.2) is 98.4 Å². The van der Waals surface area contributed by atoms with E-state index in [-0.39, 0.29) is 36.0 Å². The number of carbonyl (C=O) groups is 2. The summed E-state index contributed by atoms with van der Waals surface area (Å²) in [6.07, 6.45) is 4.59. The van der Waals surface area contributed by atoms with E-state index in [1.807, 2.05) is 53.1 Å². The van der Waals surface area contributed by atoms with Crippen molar-refractivity contribution in [2.45, 2.75) is 70.0 Å². The topological polar surface area (TPSA) is 124 Å². The maximum absolute atomic E-state index is 14.2. The molecule has 2 atom stereocenters. The van der Waals surface area contributed by atoms with Crippen molar-refractivity contribution in [3.63, 3.8) is 0 Å². The molecule has 2 aromatic carbocycles. The Balaban J connectivity index is 1.06. The number of phenolic OH excluding ortho intramolecular Hbond substituents is 1. The van der Waals surface area contributed by atoms with Crippen molar-refractivity contribution < 1.29 is 19.4 Å². The number of aromatic amines is 1. The molecular weight excluding hydrogens is 584 g/mol. The number of nitrogens with one attached hydrogen (secondary N) is 1. The van der Waals surface area contributed by atoms with Crippen molar-refractivity contribution in [3.8, 4) is 17.1 Å². The van der Waals surface area contributed by atoms with E-state index in [2.05, 4.69) is 21.0 Å². The van der Waals surface area contributed by atoms with Crippen LogP contribution in [0.15, 0.2) is 47.3 Å². The molecule has 5 heterocycles. The molecule has 3 fully saturated rings. The number of likely N-dealkylation sites (tertiary alicyclic amines) is 1. The van der Waals surface area contributed by atoms with Crippen molar-refractivity contribution in [1.82, 2.24) is 29.5 Å². The first-order valence-electron chi connectivity index (χ1n) is 16.8. The monoisotopic (exact) mass is 628 g/mol. The van der Waals surface area contributed by atoms with Crippen LogP contribution >= 0.6 is 0 Å². The Morgan fingerprint density at radius 1 is 1.00 bits per heavy atom. The minimum atomic E-state index is -0.474. The van der Waals surface area contributed by atoms with E-state index < -0.39 is 5.92 Å². The number of rotatable bonds is 5. The highest BCUT2D eigenvalue weighted by Gasteiger charge is 2.39. The van der Waals surface area contributed by atoms with Crippen LogP contribution in [0.5, 0.6) is 5.75 Å². The summed E-state index contributed by atoms with van der Waals surface area (Å²) in [5.74, 6) is 0.378. The van der Waals surface area contributed by atoms with Crippen LogP contribution in [0.1, 0.15) is 67.3 Å². The van der Waals surface area contributed by atoms with Crippen LogP contribution in [0.4, 0.5) is 0 Å². The fourth-order valence-electron chi connectivity index (χ4n) is 7.99. The molecule has 4 aliphatic heterocycles. The second-order valence-electron chi connectivity index (χ2n) is 13.4. The van der Waals surface area contributed by atoms with Crippen LogP contribution in [0.25, 0.3) is 11.4 Å². The molecule has 3 aromatic rings. The summed E-state index contributed by atoms with van der Waals surface area (Å²) in [5.41, 5.74) is 3.30. The smallest absolute Gasteiger partial charge is 0.343 e. The third kappa shape index (κ3) is 6.10. The van der Waals surface area contributed by atoms with Gasteiger partial charge in [-0.3, -0.25) is 19.5 Å². The quantitative estimate of drug-likeness (QED) is 0.444. The van der Waals surface area contributed by atoms with E-state index >= 15 is 0 Å². The first-order valence-corrected chi connectivity index (χ1v) is 16.8. The van der Waals surface area contributed by atoms with Gasteiger partial charge in [0, 0.05) is 69.5 Å². The molecule has 11 nitrogen and oxygen atoms in total. The minimum Gasteiger partial charge on any atom is -0.507 e. The largest absolute Gasteiger partial charge is 0.507 e. The lowest BCUT2D eigenvalue weighted by molar-refractivity contribution is -0.142. The number of phenols is 1. The van der Waals surface area contributed by atoms with Gasteiger partial charge in [0.05, 0.1) is 18.0 Å². The van der Waals surface area contributed by atoms with E-state index in [0.29, 0.717) is 63.1 Å². The Hall–Kier alpha value is -3.96. The van der Waals surface area contributed by atoms with Gasteiger partial charge in [0.1, 0.15) is 5.75 Å². The summed E-state index contributed by atoms with van der Waals surface area (Å²) in [6.45, 7) is 6.42. The number of piperidine rings is 1. The van der Waals surface area contributed by atoms with Crippen molar-refractivity contribution in [1.29, 1.82) is 0 Å². The van der Waals surface area contributed by atoms with Gasteiger partial charge < -0.3 is 19.6 Å². The third-order valence-electron chi connectivity index (χ3n) is 10.5. The predicted molar refractivity (Wildman–Crippen MR) is 172 cm³/mol. The number of fused-ring (bicyclic) bond motifs is 5. The maximum atomic E-state index is 14.2. The molecule has 1 unspecified atom stereocenters. The molecule has 7 rings (SSSR count). The average Bonchev–Trinajstić information content (AvgIpc) is 3.35. The fourth-order valence-corrected chi connectivity index (χ4v) is 7.99. The Kier molecular flexibility index (Phi) is 8.70. The highest BCUT2D eigenvalue weighted by molar-refractivity contribution is 5.86. The lowest BCUT2D eigenvalue weighted by Crippen LogP contribution is -2.46. The number of aromatic hydroxyl groups is 1. The number of carbonyl (C=O) groups excluding carboxylic acids is 2. The summed E-state index contributed by atoms with van der Waals surface area (Å²) in [6, 6.07) is 13.8. The Bertz CT molecular complexity index is 1620. The summed E-state index contributed by atoms with van der Waals surface area (Å²) >= 11 is 0. The first kappa shape index (κ1) is 30.7. The molecule has 3 saturated heterocycles. The molecule has 4 aliphatic rings. The van der Waals surface area contributed by atoms with Crippen molar-refractivity contribution in [2.75, 3.05) is 45.9 Å². The highest BCUT2D eigenvalue weighted by Crippen LogP contribution is 2.39. The maximum Gasteiger partial charge on any atom is 0.343 e. The first-order chi connectivity index (χ1) is 22.4. The van der Waals surface area contributed by atoms with E-state index in [9.17, 15) is 19.5 Å². The molecule has 0 aliphatic carbocycles. The van der Waals surface area contributed by atoms with Crippen LogP contribution in [0, 0.1) is 12.8 Å². The van der Waals surface area contributed by atoms with E-state index in [0.717, 1.165) is 61.3 Å². The van der Waals surface area contributed by atoms with Crippen molar-refractivity contribution >= 4 is 11.8 Å². The van der Waals surface area contributed by atoms with Gasteiger partial charge in [-0.1, -0.05) is 42.5 Å². The number of nitrogens with zero attached hydrogens (tertiary/aromatic N) is 5. The molecule has 244 valence electrons. The Morgan fingerprint density at radius 2 is 1.76 bits per heavy atom. The van der Waals surface area contributed by atoms with Gasteiger partial charge in [0.15, 0.2) is 5.82 Å². The number of hydrogen-bond donors (Lipinski definition) is 2. The van der Waals surface area contributed by atoms with Crippen molar-refractivity contribution in [2.24, 2.45) is 5.92 Å². The molecule has 0 spiro atoms. The second-order valence-corrected chi connectivity index (χ2v) is 13.4. The van der Waals surface area contributed by atoms with E-state index in [4.69, 9.17) is 4.74 Å². The van der Waals surface area contributed by atoms with Crippen LogP contribution in [-0.2, 0) is 20.7 Å². The summed E-state index contributed by atoms with van der Waals surface area (Å²) in [5, 5.41) is 15.8. The highest BCUT2D eigenvalue weighted by atomic mass is 16.5. The lowest BCUT2D eigenvalue weighted by atomic mass is 9.91. The van der Waals surface area contributed by atoms with Gasteiger partial charge >= 0.3 is 5.69 Å². The van der Waals surface area contributed by atoms with Gasteiger partial charge in [0.25, 0.3) is 0 Å². The normalized spacial score (nSPS) is 23.5. The molecule has 46 heavy (non-hydrogen) atoms. The predicted octanol–water partition coefficient (Wildman–Crippen LogP) is 3.43. The zero-order valence-electron chi connectivity index (χ0n) is 26.6. The minimum absolute atomic E-state index is 0.0261. The van der Waals surface area contributed by atoms with Gasteiger partial charge in [-0.05, 0) is 56.6 Å². The molecule has 4 bridgehead atoms. The lowest BCUT2D eigenvalue weighted by Gasteiger charge is -2.40. The zero-order chi connectivity index (χ0) is 31.8. The average molecular weight is 629 g/mol. The Labute approximate surface area is 269 Å². The zero-order valence-corrected chi connectivity index (χ0v) is 26.6. The Morgan fingerprint density at radius 3 is 2.52 bits per heavy atom. The molecular formula is C35H44N6O5. The molecule has 0 saturated carbocycles. The molecule has 2 amide bonds. The number of H-pyrrole nitrogens is 1. The van der Waals surface area contributed by atoms with E-state index in [1.165, 1.54) is 4.68 Å². The number of benzene rings is 2.